The zero-order valence-electron chi connectivity index (χ0n) is 14.0. The van der Waals surface area contributed by atoms with E-state index in [0.29, 0.717) is 18.0 Å². The van der Waals surface area contributed by atoms with Crippen molar-refractivity contribution in [2.45, 2.75) is 13.5 Å². The highest BCUT2D eigenvalue weighted by Gasteiger charge is 2.13. The van der Waals surface area contributed by atoms with E-state index in [2.05, 4.69) is 15.6 Å². The predicted octanol–water partition coefficient (Wildman–Crippen LogP) is 2.93. The van der Waals surface area contributed by atoms with Crippen LogP contribution in [0.15, 0.2) is 36.4 Å². The number of amides is 2. The number of anilines is 1. The smallest absolute Gasteiger partial charge is 0.319 e. The molecule has 7 nitrogen and oxygen atoms in total. The van der Waals surface area contributed by atoms with Gasteiger partial charge in [0.25, 0.3) is 0 Å². The topological polar surface area (TPSA) is 77.4 Å². The van der Waals surface area contributed by atoms with Gasteiger partial charge in [0.1, 0.15) is 5.82 Å². The SMILES string of the molecule is Cc1nc2cc(NC(=O)NCc3ccc4c(c3)OCO4)ccc2n1C. The Bertz CT molecular complexity index is 964. The van der Waals surface area contributed by atoms with Crippen molar-refractivity contribution in [3.63, 3.8) is 0 Å². The van der Waals surface area contributed by atoms with Crippen LogP contribution in [0, 0.1) is 6.92 Å². The summed E-state index contributed by atoms with van der Waals surface area (Å²) in [6.07, 6.45) is 0. The number of aryl methyl sites for hydroxylation is 2. The molecule has 1 aliphatic rings. The molecule has 0 radical (unpaired) electrons. The minimum absolute atomic E-state index is 0.238. The summed E-state index contributed by atoms with van der Waals surface area (Å²) >= 11 is 0. The number of rotatable bonds is 3. The van der Waals surface area contributed by atoms with Gasteiger partial charge < -0.3 is 24.7 Å². The minimum Gasteiger partial charge on any atom is -0.454 e. The van der Waals surface area contributed by atoms with Gasteiger partial charge in [-0.2, -0.15) is 0 Å². The second kappa shape index (κ2) is 6.01. The number of carbonyl (C=O) groups is 1. The standard InChI is InChI=1S/C18H18N4O3/c1-11-20-14-8-13(4-5-15(14)22(11)2)21-18(23)19-9-12-3-6-16-17(7-12)25-10-24-16/h3-8H,9-10H2,1-2H3,(H2,19,21,23). The normalized spacial score (nSPS) is 12.4. The lowest BCUT2D eigenvalue weighted by Crippen LogP contribution is -2.28. The lowest BCUT2D eigenvalue weighted by atomic mass is 10.2. The third kappa shape index (κ3) is 2.96. The van der Waals surface area contributed by atoms with E-state index in [1.165, 1.54) is 0 Å². The average molecular weight is 338 g/mol. The maximum atomic E-state index is 12.1. The third-order valence-corrected chi connectivity index (χ3v) is 4.25. The lowest BCUT2D eigenvalue weighted by Gasteiger charge is -2.08. The number of urea groups is 1. The molecule has 0 aliphatic carbocycles. The Morgan fingerprint density at radius 2 is 2.04 bits per heavy atom. The molecule has 1 aromatic heterocycles. The molecule has 128 valence electrons. The van der Waals surface area contributed by atoms with E-state index in [1.807, 2.05) is 54.9 Å². The molecular formula is C18H18N4O3. The number of carbonyl (C=O) groups excluding carboxylic acids is 1. The summed E-state index contributed by atoms with van der Waals surface area (Å²) in [5.41, 5.74) is 3.53. The van der Waals surface area contributed by atoms with Crippen molar-refractivity contribution in [3.8, 4) is 11.5 Å². The molecule has 0 fully saturated rings. The highest BCUT2D eigenvalue weighted by atomic mass is 16.7. The van der Waals surface area contributed by atoms with Crippen LogP contribution in [0.5, 0.6) is 11.5 Å². The number of aromatic nitrogens is 2. The molecule has 7 heteroatoms. The van der Waals surface area contributed by atoms with E-state index >= 15 is 0 Å². The van der Waals surface area contributed by atoms with Crippen LogP contribution in [0.1, 0.15) is 11.4 Å². The molecule has 2 heterocycles. The average Bonchev–Trinajstić information content (AvgIpc) is 3.17. The molecule has 0 atom stereocenters. The summed E-state index contributed by atoms with van der Waals surface area (Å²) < 4.78 is 12.6. The fourth-order valence-corrected chi connectivity index (χ4v) is 2.81. The van der Waals surface area contributed by atoms with Crippen LogP contribution >= 0.6 is 0 Å². The second-order valence-corrected chi connectivity index (χ2v) is 5.92. The Labute approximate surface area is 144 Å². The van der Waals surface area contributed by atoms with Crippen LogP contribution in [0.3, 0.4) is 0 Å². The molecule has 1 aliphatic heterocycles. The molecule has 25 heavy (non-hydrogen) atoms. The number of nitrogens with zero attached hydrogens (tertiary/aromatic N) is 2. The number of ether oxygens (including phenoxy) is 2. The zero-order chi connectivity index (χ0) is 17.4. The summed E-state index contributed by atoms with van der Waals surface area (Å²) in [6, 6.07) is 11.0. The highest BCUT2D eigenvalue weighted by molar-refractivity contribution is 5.92. The van der Waals surface area contributed by atoms with Gasteiger partial charge in [0.15, 0.2) is 11.5 Å². The van der Waals surface area contributed by atoms with Crippen LogP contribution in [-0.2, 0) is 13.6 Å². The van der Waals surface area contributed by atoms with Crippen LogP contribution in [0.4, 0.5) is 10.5 Å². The van der Waals surface area contributed by atoms with Gasteiger partial charge in [0, 0.05) is 19.3 Å². The third-order valence-electron chi connectivity index (χ3n) is 4.25. The van der Waals surface area contributed by atoms with Gasteiger partial charge in [-0.1, -0.05) is 6.07 Å². The fourth-order valence-electron chi connectivity index (χ4n) is 2.81. The van der Waals surface area contributed by atoms with Crippen molar-refractivity contribution in [1.29, 1.82) is 0 Å². The molecule has 2 N–H and O–H groups in total. The van der Waals surface area contributed by atoms with Crippen molar-refractivity contribution >= 4 is 22.8 Å². The van der Waals surface area contributed by atoms with Crippen molar-refractivity contribution in [1.82, 2.24) is 14.9 Å². The van der Waals surface area contributed by atoms with Gasteiger partial charge in [-0.05, 0) is 42.8 Å². The number of hydrogen-bond acceptors (Lipinski definition) is 4. The maximum absolute atomic E-state index is 12.1. The number of nitrogens with one attached hydrogen (secondary N) is 2. The van der Waals surface area contributed by atoms with E-state index in [4.69, 9.17) is 9.47 Å². The number of fused-ring (bicyclic) bond motifs is 2. The maximum Gasteiger partial charge on any atom is 0.319 e. The first-order valence-corrected chi connectivity index (χ1v) is 7.96. The van der Waals surface area contributed by atoms with Crippen molar-refractivity contribution in [2.75, 3.05) is 12.1 Å². The molecular weight excluding hydrogens is 320 g/mol. The second-order valence-electron chi connectivity index (χ2n) is 5.92. The molecule has 2 amide bonds. The van der Waals surface area contributed by atoms with Gasteiger partial charge in [-0.3, -0.25) is 0 Å². The summed E-state index contributed by atoms with van der Waals surface area (Å²) in [4.78, 5) is 16.6. The van der Waals surface area contributed by atoms with E-state index in [-0.39, 0.29) is 12.8 Å². The first-order valence-electron chi connectivity index (χ1n) is 7.96. The molecule has 0 saturated carbocycles. The monoisotopic (exact) mass is 338 g/mol. The van der Waals surface area contributed by atoms with Crippen LogP contribution in [0.2, 0.25) is 0 Å². The Hall–Kier alpha value is -3.22. The molecule has 4 rings (SSSR count). The molecule has 3 aromatic rings. The van der Waals surface area contributed by atoms with E-state index < -0.39 is 0 Å². The van der Waals surface area contributed by atoms with Gasteiger partial charge in [-0.15, -0.1) is 0 Å². The molecule has 2 aromatic carbocycles. The first-order chi connectivity index (χ1) is 12.1. The van der Waals surface area contributed by atoms with Crippen LogP contribution < -0.4 is 20.1 Å². The molecule has 0 saturated heterocycles. The zero-order valence-corrected chi connectivity index (χ0v) is 14.0. The quantitative estimate of drug-likeness (QED) is 0.770. The number of benzene rings is 2. The van der Waals surface area contributed by atoms with Gasteiger partial charge in [0.2, 0.25) is 6.79 Å². The molecule has 0 spiro atoms. The largest absolute Gasteiger partial charge is 0.454 e. The van der Waals surface area contributed by atoms with E-state index in [0.717, 1.165) is 28.2 Å². The van der Waals surface area contributed by atoms with Crippen molar-refractivity contribution in [3.05, 3.63) is 47.8 Å². The highest BCUT2D eigenvalue weighted by Crippen LogP contribution is 2.32. The Balaban J connectivity index is 1.40. The Morgan fingerprint density at radius 1 is 1.20 bits per heavy atom. The molecule has 0 unspecified atom stereocenters. The van der Waals surface area contributed by atoms with Crippen LogP contribution in [0.25, 0.3) is 11.0 Å². The minimum atomic E-state index is -0.273. The number of hydrogen-bond donors (Lipinski definition) is 2. The predicted molar refractivity (Wildman–Crippen MR) is 93.9 cm³/mol. The summed E-state index contributed by atoms with van der Waals surface area (Å²) in [7, 11) is 1.97. The Morgan fingerprint density at radius 3 is 2.92 bits per heavy atom. The summed E-state index contributed by atoms with van der Waals surface area (Å²) in [6.45, 7) is 2.58. The Kier molecular flexibility index (Phi) is 3.68. The lowest BCUT2D eigenvalue weighted by molar-refractivity contribution is 0.174. The van der Waals surface area contributed by atoms with E-state index in [1.54, 1.807) is 0 Å². The van der Waals surface area contributed by atoms with Crippen molar-refractivity contribution in [2.24, 2.45) is 7.05 Å². The van der Waals surface area contributed by atoms with Crippen molar-refractivity contribution < 1.29 is 14.3 Å². The van der Waals surface area contributed by atoms with E-state index in [9.17, 15) is 4.79 Å². The number of imidazole rings is 1. The van der Waals surface area contributed by atoms with Crippen LogP contribution in [-0.4, -0.2) is 22.4 Å². The summed E-state index contributed by atoms with van der Waals surface area (Å²) in [5.74, 6) is 2.36. The first kappa shape index (κ1) is 15.3. The summed E-state index contributed by atoms with van der Waals surface area (Å²) in [5, 5.41) is 5.66. The van der Waals surface area contributed by atoms with Gasteiger partial charge >= 0.3 is 6.03 Å². The fraction of sp³-hybridized carbons (Fsp3) is 0.222. The van der Waals surface area contributed by atoms with Gasteiger partial charge in [0.05, 0.1) is 11.0 Å². The molecule has 0 bridgehead atoms. The van der Waals surface area contributed by atoms with Gasteiger partial charge in [-0.25, -0.2) is 9.78 Å².